The minimum Gasteiger partial charge on any atom is -0.342 e. The number of hydrogen-bond acceptors (Lipinski definition) is 2. The topological polar surface area (TPSA) is 32.3 Å². The van der Waals surface area contributed by atoms with Gasteiger partial charge in [0.05, 0.1) is 0 Å². The number of amides is 1. The van der Waals surface area contributed by atoms with Crippen LogP contribution in [0, 0.1) is 11.3 Å². The van der Waals surface area contributed by atoms with Crippen LogP contribution in [-0.4, -0.2) is 37.0 Å². The summed E-state index contributed by atoms with van der Waals surface area (Å²) < 4.78 is 0. The number of piperidine rings is 2. The molecular weight excluding hydrogens is 200 g/mol. The lowest BCUT2D eigenvalue weighted by atomic mass is 9.74. The van der Waals surface area contributed by atoms with Crippen LogP contribution in [0.2, 0.25) is 0 Å². The third-order valence-corrected chi connectivity index (χ3v) is 4.48. The van der Waals surface area contributed by atoms with Gasteiger partial charge >= 0.3 is 0 Å². The van der Waals surface area contributed by atoms with Crippen LogP contribution in [0.5, 0.6) is 0 Å². The molecule has 3 nitrogen and oxygen atoms in total. The van der Waals surface area contributed by atoms with Gasteiger partial charge < -0.3 is 10.2 Å². The minimum atomic E-state index is 0.406. The first-order chi connectivity index (χ1) is 7.77. The lowest BCUT2D eigenvalue weighted by Crippen LogP contribution is -2.53. The molecule has 1 amide bonds. The van der Waals surface area contributed by atoms with E-state index in [0.717, 1.165) is 38.4 Å². The van der Waals surface area contributed by atoms with E-state index < -0.39 is 0 Å². The van der Waals surface area contributed by atoms with Crippen molar-refractivity contribution in [2.45, 2.75) is 38.5 Å². The molecule has 0 bridgehead atoms. The zero-order valence-electron chi connectivity index (χ0n) is 10.0. The Morgan fingerprint density at radius 3 is 2.94 bits per heavy atom. The maximum absolute atomic E-state index is 11.9. The number of hydrogen-bond donors (Lipinski definition) is 1. The lowest BCUT2D eigenvalue weighted by molar-refractivity contribution is -0.138. The Bertz CT molecular complexity index is 280. The zero-order chi connectivity index (χ0) is 11.0. The summed E-state index contributed by atoms with van der Waals surface area (Å²) in [4.78, 5) is 14.0. The average Bonchev–Trinajstić information content (AvgIpc) is 3.09. The summed E-state index contributed by atoms with van der Waals surface area (Å²) in [7, 11) is 0. The summed E-state index contributed by atoms with van der Waals surface area (Å²) in [6.45, 7) is 4.36. The average molecular weight is 222 g/mol. The second kappa shape index (κ2) is 4.02. The monoisotopic (exact) mass is 222 g/mol. The Hall–Kier alpha value is -0.570. The lowest BCUT2D eigenvalue weighted by Gasteiger charge is -2.45. The van der Waals surface area contributed by atoms with Crippen molar-refractivity contribution < 1.29 is 4.79 Å². The van der Waals surface area contributed by atoms with Crippen molar-refractivity contribution in [2.75, 3.05) is 26.2 Å². The van der Waals surface area contributed by atoms with E-state index in [0.29, 0.717) is 11.3 Å². The molecule has 1 aliphatic carbocycles. The molecular formula is C13H22N2O. The molecule has 1 spiro atoms. The maximum Gasteiger partial charge on any atom is 0.222 e. The summed E-state index contributed by atoms with van der Waals surface area (Å²) in [5.74, 6) is 1.23. The Morgan fingerprint density at radius 2 is 2.25 bits per heavy atom. The van der Waals surface area contributed by atoms with E-state index in [-0.39, 0.29) is 0 Å². The Labute approximate surface area is 97.6 Å². The van der Waals surface area contributed by atoms with Gasteiger partial charge in [-0.3, -0.25) is 4.79 Å². The molecule has 0 radical (unpaired) electrons. The summed E-state index contributed by atoms with van der Waals surface area (Å²) in [6.07, 6.45) is 7.18. The summed E-state index contributed by atoms with van der Waals surface area (Å²) in [6, 6.07) is 0. The zero-order valence-corrected chi connectivity index (χ0v) is 10.0. The highest BCUT2D eigenvalue weighted by molar-refractivity contribution is 5.77. The van der Waals surface area contributed by atoms with Crippen molar-refractivity contribution in [2.24, 2.45) is 11.3 Å². The first kappa shape index (κ1) is 10.6. The van der Waals surface area contributed by atoms with E-state index in [1.165, 1.54) is 32.2 Å². The molecule has 3 aliphatic rings. The predicted molar refractivity (Wildman–Crippen MR) is 63.1 cm³/mol. The fourth-order valence-corrected chi connectivity index (χ4v) is 3.26. The summed E-state index contributed by atoms with van der Waals surface area (Å²) in [5, 5.41) is 3.51. The molecule has 3 rings (SSSR count). The molecule has 2 aliphatic heterocycles. The summed E-state index contributed by atoms with van der Waals surface area (Å²) >= 11 is 0. The normalized spacial score (nSPS) is 35.8. The van der Waals surface area contributed by atoms with Crippen LogP contribution in [0.25, 0.3) is 0 Å². The molecule has 16 heavy (non-hydrogen) atoms. The van der Waals surface area contributed by atoms with Gasteiger partial charge in [0.1, 0.15) is 0 Å². The quantitative estimate of drug-likeness (QED) is 0.765. The van der Waals surface area contributed by atoms with Gasteiger partial charge in [-0.15, -0.1) is 0 Å². The summed E-state index contributed by atoms with van der Waals surface area (Å²) in [5.41, 5.74) is 0.418. The van der Waals surface area contributed by atoms with Crippen LogP contribution in [0.3, 0.4) is 0 Å². The molecule has 3 fully saturated rings. The Morgan fingerprint density at radius 1 is 1.38 bits per heavy atom. The SMILES string of the molecule is O=C1CCC2(CCCNC2)CN1CC1CC1. The van der Waals surface area contributed by atoms with Crippen LogP contribution in [0.15, 0.2) is 0 Å². The van der Waals surface area contributed by atoms with Gasteiger partial charge in [0.15, 0.2) is 0 Å². The van der Waals surface area contributed by atoms with Gasteiger partial charge in [-0.1, -0.05) is 0 Å². The number of nitrogens with zero attached hydrogens (tertiary/aromatic N) is 1. The largest absolute Gasteiger partial charge is 0.342 e. The van der Waals surface area contributed by atoms with Crippen molar-refractivity contribution >= 4 is 5.91 Å². The molecule has 1 N–H and O–H groups in total. The smallest absolute Gasteiger partial charge is 0.222 e. The second-order valence-electron chi connectivity index (χ2n) is 6.00. The van der Waals surface area contributed by atoms with Crippen LogP contribution >= 0.6 is 0 Å². The number of nitrogens with one attached hydrogen (secondary N) is 1. The van der Waals surface area contributed by atoms with Crippen molar-refractivity contribution in [1.82, 2.24) is 10.2 Å². The van der Waals surface area contributed by atoms with E-state index in [1.54, 1.807) is 0 Å². The number of rotatable bonds is 2. The van der Waals surface area contributed by atoms with E-state index in [9.17, 15) is 4.79 Å². The fraction of sp³-hybridized carbons (Fsp3) is 0.923. The van der Waals surface area contributed by atoms with E-state index in [2.05, 4.69) is 10.2 Å². The first-order valence-electron chi connectivity index (χ1n) is 6.76. The third-order valence-electron chi connectivity index (χ3n) is 4.48. The Kier molecular flexibility index (Phi) is 2.66. The Balaban J connectivity index is 1.65. The van der Waals surface area contributed by atoms with Crippen molar-refractivity contribution in [3.8, 4) is 0 Å². The van der Waals surface area contributed by atoms with Gasteiger partial charge in [0, 0.05) is 31.5 Å². The van der Waals surface area contributed by atoms with Crippen molar-refractivity contribution in [1.29, 1.82) is 0 Å². The van der Waals surface area contributed by atoms with Crippen LogP contribution in [0.1, 0.15) is 38.5 Å². The molecule has 2 heterocycles. The second-order valence-corrected chi connectivity index (χ2v) is 6.00. The molecule has 1 atom stereocenters. The molecule has 1 saturated carbocycles. The van der Waals surface area contributed by atoms with Crippen LogP contribution in [0.4, 0.5) is 0 Å². The molecule has 0 aromatic carbocycles. The standard InChI is InChI=1S/C13H22N2O/c16-12-4-6-13(5-1-7-14-9-13)10-15(12)8-11-2-3-11/h11,14H,1-10H2. The van der Waals surface area contributed by atoms with E-state index in [4.69, 9.17) is 0 Å². The van der Waals surface area contributed by atoms with Gasteiger partial charge in [-0.05, 0) is 44.6 Å². The van der Waals surface area contributed by atoms with E-state index in [1.807, 2.05) is 0 Å². The molecule has 0 aromatic heterocycles. The highest BCUT2D eigenvalue weighted by Crippen LogP contribution is 2.38. The third kappa shape index (κ3) is 2.10. The molecule has 3 heteroatoms. The number of carbonyl (C=O) groups is 1. The number of likely N-dealkylation sites (tertiary alicyclic amines) is 1. The van der Waals surface area contributed by atoms with Gasteiger partial charge in [0.25, 0.3) is 0 Å². The van der Waals surface area contributed by atoms with Gasteiger partial charge in [-0.2, -0.15) is 0 Å². The van der Waals surface area contributed by atoms with Gasteiger partial charge in [-0.25, -0.2) is 0 Å². The van der Waals surface area contributed by atoms with E-state index >= 15 is 0 Å². The van der Waals surface area contributed by atoms with Crippen LogP contribution in [-0.2, 0) is 4.79 Å². The first-order valence-corrected chi connectivity index (χ1v) is 6.76. The highest BCUT2D eigenvalue weighted by Gasteiger charge is 2.40. The van der Waals surface area contributed by atoms with Crippen molar-refractivity contribution in [3.05, 3.63) is 0 Å². The van der Waals surface area contributed by atoms with Gasteiger partial charge in [0.2, 0.25) is 5.91 Å². The minimum absolute atomic E-state index is 0.406. The molecule has 0 aromatic rings. The maximum atomic E-state index is 11.9. The predicted octanol–water partition coefficient (Wildman–Crippen LogP) is 1.39. The van der Waals surface area contributed by atoms with Crippen molar-refractivity contribution in [3.63, 3.8) is 0 Å². The molecule has 90 valence electrons. The fourth-order valence-electron chi connectivity index (χ4n) is 3.26. The highest BCUT2D eigenvalue weighted by atomic mass is 16.2. The van der Waals surface area contributed by atoms with Crippen LogP contribution < -0.4 is 5.32 Å². The molecule has 2 saturated heterocycles. The molecule has 1 unspecified atom stereocenters. The number of carbonyl (C=O) groups excluding carboxylic acids is 1.